The van der Waals surface area contributed by atoms with Crippen molar-refractivity contribution in [1.29, 1.82) is 0 Å². The van der Waals surface area contributed by atoms with Crippen molar-refractivity contribution in [3.05, 3.63) is 59.2 Å². The van der Waals surface area contributed by atoms with E-state index in [2.05, 4.69) is 48.6 Å². The first-order chi connectivity index (χ1) is 9.22. The highest BCUT2D eigenvalue weighted by atomic mass is 16.1. The second-order valence-corrected chi connectivity index (χ2v) is 4.98. The normalized spacial score (nSPS) is 15.8. The second kappa shape index (κ2) is 4.54. The molecule has 1 aliphatic rings. The Hall–Kier alpha value is -2.09. The van der Waals surface area contributed by atoms with Crippen molar-refractivity contribution >= 4 is 5.91 Å². The zero-order chi connectivity index (χ0) is 13.4. The van der Waals surface area contributed by atoms with E-state index in [0.29, 0.717) is 6.42 Å². The van der Waals surface area contributed by atoms with E-state index in [1.54, 1.807) is 0 Å². The predicted octanol–water partition coefficient (Wildman–Crippen LogP) is 3.59. The molecule has 3 rings (SSSR count). The van der Waals surface area contributed by atoms with E-state index in [4.69, 9.17) is 0 Å². The third-order valence-electron chi connectivity index (χ3n) is 3.80. The highest BCUT2D eigenvalue weighted by molar-refractivity contribution is 5.84. The van der Waals surface area contributed by atoms with E-state index in [1.165, 1.54) is 27.8 Å². The molecule has 0 bridgehead atoms. The van der Waals surface area contributed by atoms with Crippen LogP contribution in [0.25, 0.3) is 11.1 Å². The smallest absolute Gasteiger partial charge is 0.220 e. The van der Waals surface area contributed by atoms with Crippen LogP contribution in [0.15, 0.2) is 42.5 Å². The van der Waals surface area contributed by atoms with Crippen molar-refractivity contribution in [2.75, 3.05) is 0 Å². The minimum absolute atomic E-state index is 0.000139. The van der Waals surface area contributed by atoms with Gasteiger partial charge in [-0.1, -0.05) is 49.4 Å². The van der Waals surface area contributed by atoms with Gasteiger partial charge < -0.3 is 5.32 Å². The van der Waals surface area contributed by atoms with Crippen molar-refractivity contribution in [1.82, 2.24) is 5.32 Å². The van der Waals surface area contributed by atoms with Gasteiger partial charge in [-0.15, -0.1) is 0 Å². The largest absolute Gasteiger partial charge is 0.345 e. The summed E-state index contributed by atoms with van der Waals surface area (Å²) in [5.74, 6) is 0.0934. The first-order valence-corrected chi connectivity index (χ1v) is 6.70. The molecule has 0 saturated heterocycles. The third kappa shape index (κ3) is 1.84. The highest BCUT2D eigenvalue weighted by Gasteiger charge is 2.30. The maximum absolute atomic E-state index is 11.8. The molecule has 1 aliphatic carbocycles. The van der Waals surface area contributed by atoms with Crippen LogP contribution in [0.2, 0.25) is 0 Å². The molecule has 0 spiro atoms. The molecule has 96 valence electrons. The van der Waals surface area contributed by atoms with Gasteiger partial charge in [-0.2, -0.15) is 0 Å². The topological polar surface area (TPSA) is 29.1 Å². The van der Waals surface area contributed by atoms with Crippen LogP contribution in [0.4, 0.5) is 0 Å². The summed E-state index contributed by atoms with van der Waals surface area (Å²) < 4.78 is 0. The average Bonchev–Trinajstić information content (AvgIpc) is 2.75. The number of benzene rings is 2. The van der Waals surface area contributed by atoms with Crippen molar-refractivity contribution in [3.63, 3.8) is 0 Å². The van der Waals surface area contributed by atoms with Gasteiger partial charge in [0.15, 0.2) is 0 Å². The molecule has 0 saturated carbocycles. The lowest BCUT2D eigenvalue weighted by atomic mass is 10.00. The number of amides is 1. The summed E-state index contributed by atoms with van der Waals surface area (Å²) >= 11 is 0. The Bertz CT molecular complexity index is 645. The number of hydrogen-bond donors (Lipinski definition) is 1. The lowest BCUT2D eigenvalue weighted by Gasteiger charge is -2.17. The second-order valence-electron chi connectivity index (χ2n) is 4.98. The van der Waals surface area contributed by atoms with Crippen LogP contribution in [0.5, 0.6) is 0 Å². The monoisotopic (exact) mass is 251 g/mol. The molecule has 1 N–H and O–H groups in total. The zero-order valence-electron chi connectivity index (χ0n) is 11.2. The van der Waals surface area contributed by atoms with Crippen LogP contribution < -0.4 is 5.32 Å². The van der Waals surface area contributed by atoms with E-state index in [1.807, 2.05) is 13.0 Å². The third-order valence-corrected chi connectivity index (χ3v) is 3.80. The van der Waals surface area contributed by atoms with Gasteiger partial charge in [0.25, 0.3) is 0 Å². The molecule has 1 amide bonds. The predicted molar refractivity (Wildman–Crippen MR) is 76.9 cm³/mol. The van der Waals surface area contributed by atoms with Crippen LogP contribution in [-0.2, 0) is 4.79 Å². The van der Waals surface area contributed by atoms with Gasteiger partial charge in [0, 0.05) is 6.42 Å². The van der Waals surface area contributed by atoms with Gasteiger partial charge in [-0.05, 0) is 34.7 Å². The molecule has 0 fully saturated rings. The van der Waals surface area contributed by atoms with Gasteiger partial charge in [-0.25, -0.2) is 0 Å². The van der Waals surface area contributed by atoms with Crippen molar-refractivity contribution in [2.45, 2.75) is 26.3 Å². The quantitative estimate of drug-likeness (QED) is 0.868. The molecular formula is C17H17NO. The van der Waals surface area contributed by atoms with Crippen LogP contribution in [0.1, 0.15) is 36.1 Å². The van der Waals surface area contributed by atoms with Crippen molar-refractivity contribution in [3.8, 4) is 11.1 Å². The van der Waals surface area contributed by atoms with Crippen molar-refractivity contribution in [2.24, 2.45) is 0 Å². The minimum Gasteiger partial charge on any atom is -0.345 e. The number of hydrogen-bond acceptors (Lipinski definition) is 1. The Morgan fingerprint density at radius 3 is 2.63 bits per heavy atom. The molecular weight excluding hydrogens is 234 g/mol. The van der Waals surface area contributed by atoms with E-state index in [0.717, 1.165) is 0 Å². The molecule has 0 radical (unpaired) electrons. The summed E-state index contributed by atoms with van der Waals surface area (Å²) in [6.45, 7) is 3.99. The number of fused-ring (bicyclic) bond motifs is 3. The Labute approximate surface area is 113 Å². The maximum Gasteiger partial charge on any atom is 0.220 e. The summed E-state index contributed by atoms with van der Waals surface area (Å²) in [6.07, 6.45) is 0.514. The van der Waals surface area contributed by atoms with E-state index in [9.17, 15) is 4.79 Å². The summed E-state index contributed by atoms with van der Waals surface area (Å²) in [7, 11) is 0. The summed E-state index contributed by atoms with van der Waals surface area (Å²) in [6, 6.07) is 14.6. The Kier molecular flexibility index (Phi) is 2.86. The van der Waals surface area contributed by atoms with Crippen LogP contribution in [0.3, 0.4) is 0 Å². The van der Waals surface area contributed by atoms with E-state index in [-0.39, 0.29) is 11.9 Å². The highest BCUT2D eigenvalue weighted by Crippen LogP contribution is 2.44. The fourth-order valence-corrected chi connectivity index (χ4v) is 2.86. The Balaban J connectivity index is 2.17. The van der Waals surface area contributed by atoms with Gasteiger partial charge in [-0.3, -0.25) is 4.79 Å². The lowest BCUT2D eigenvalue weighted by molar-refractivity contribution is -0.121. The minimum atomic E-state index is -0.000139. The van der Waals surface area contributed by atoms with E-state index < -0.39 is 0 Å². The molecule has 0 heterocycles. The summed E-state index contributed by atoms with van der Waals surface area (Å²) in [4.78, 5) is 11.8. The molecule has 19 heavy (non-hydrogen) atoms. The molecule has 0 aliphatic heterocycles. The van der Waals surface area contributed by atoms with Gasteiger partial charge >= 0.3 is 0 Å². The van der Waals surface area contributed by atoms with Gasteiger partial charge in [0.1, 0.15) is 0 Å². The number of carbonyl (C=O) groups excluding carboxylic acids is 1. The molecule has 0 aromatic heterocycles. The number of nitrogens with one attached hydrogen (secondary N) is 1. The number of rotatable bonds is 2. The standard InChI is InChI=1S/C17H17NO/c1-3-15(19)18-17-14-9-5-4-8-12(14)13-10-6-7-11(2)16(13)17/h4-10,17H,3H2,1-2H3,(H,18,19). The van der Waals surface area contributed by atoms with Crippen LogP contribution >= 0.6 is 0 Å². The maximum atomic E-state index is 11.8. The van der Waals surface area contributed by atoms with E-state index >= 15 is 0 Å². The van der Waals surface area contributed by atoms with Gasteiger partial charge in [0.2, 0.25) is 5.91 Å². The van der Waals surface area contributed by atoms with Crippen LogP contribution in [-0.4, -0.2) is 5.91 Å². The Morgan fingerprint density at radius 2 is 1.84 bits per heavy atom. The molecule has 2 aromatic rings. The summed E-state index contributed by atoms with van der Waals surface area (Å²) in [5.41, 5.74) is 6.16. The first-order valence-electron chi connectivity index (χ1n) is 6.70. The summed E-state index contributed by atoms with van der Waals surface area (Å²) in [5, 5.41) is 3.14. The first kappa shape index (κ1) is 12.0. The molecule has 1 atom stereocenters. The average molecular weight is 251 g/mol. The SMILES string of the molecule is CCC(=O)NC1c2ccccc2-c2cccc(C)c21. The molecule has 2 heteroatoms. The van der Waals surface area contributed by atoms with Gasteiger partial charge in [0.05, 0.1) is 6.04 Å². The molecule has 2 aromatic carbocycles. The fraction of sp³-hybridized carbons (Fsp3) is 0.235. The van der Waals surface area contributed by atoms with Crippen LogP contribution in [0, 0.1) is 6.92 Å². The molecule has 2 nitrogen and oxygen atoms in total. The van der Waals surface area contributed by atoms with Crippen molar-refractivity contribution < 1.29 is 4.79 Å². The number of carbonyl (C=O) groups is 1. The lowest BCUT2D eigenvalue weighted by Crippen LogP contribution is -2.27. The zero-order valence-corrected chi connectivity index (χ0v) is 11.2. The number of aryl methyl sites for hydroxylation is 1. The fourth-order valence-electron chi connectivity index (χ4n) is 2.86. The Morgan fingerprint density at radius 1 is 1.11 bits per heavy atom. The molecule has 1 unspecified atom stereocenters.